The molecule has 1 aromatic carbocycles. The SMILES string of the molecule is CC(C)CC(NC(=O)OC(C)(C)Cc1ccccc1)C(=O)NC(CO)CC1CCNC1=O. The molecular weight excluding hydrogens is 410 g/mol. The first kappa shape index (κ1) is 25.6. The fourth-order valence-electron chi connectivity index (χ4n) is 3.94. The molecule has 32 heavy (non-hydrogen) atoms. The molecule has 1 saturated heterocycles. The molecule has 1 aliphatic heterocycles. The minimum atomic E-state index is -0.804. The summed E-state index contributed by atoms with van der Waals surface area (Å²) in [5, 5.41) is 17.9. The summed E-state index contributed by atoms with van der Waals surface area (Å²) in [5.41, 5.74) is 0.289. The number of carbonyl (C=O) groups is 3. The molecule has 178 valence electrons. The molecule has 3 atom stereocenters. The van der Waals surface area contributed by atoms with Crippen molar-refractivity contribution in [3.05, 3.63) is 35.9 Å². The van der Waals surface area contributed by atoms with Crippen LogP contribution in [-0.2, 0) is 20.7 Å². The Morgan fingerprint density at radius 1 is 1.22 bits per heavy atom. The molecule has 1 fully saturated rings. The van der Waals surface area contributed by atoms with Gasteiger partial charge in [0.15, 0.2) is 0 Å². The van der Waals surface area contributed by atoms with E-state index in [2.05, 4.69) is 16.0 Å². The molecule has 8 heteroatoms. The van der Waals surface area contributed by atoms with Crippen molar-refractivity contribution in [1.82, 2.24) is 16.0 Å². The van der Waals surface area contributed by atoms with Crippen molar-refractivity contribution >= 4 is 17.9 Å². The van der Waals surface area contributed by atoms with Crippen LogP contribution in [0.3, 0.4) is 0 Å². The number of carbonyl (C=O) groups excluding carboxylic acids is 3. The Hall–Kier alpha value is -2.61. The van der Waals surface area contributed by atoms with Gasteiger partial charge in [-0.05, 0) is 44.6 Å². The van der Waals surface area contributed by atoms with Crippen molar-refractivity contribution in [2.45, 2.75) is 71.1 Å². The Morgan fingerprint density at radius 2 is 1.91 bits per heavy atom. The third-order valence-corrected chi connectivity index (χ3v) is 5.46. The Labute approximate surface area is 190 Å². The van der Waals surface area contributed by atoms with Gasteiger partial charge in [0.25, 0.3) is 0 Å². The number of rotatable bonds is 11. The van der Waals surface area contributed by atoms with Crippen LogP contribution in [0.5, 0.6) is 0 Å². The summed E-state index contributed by atoms with van der Waals surface area (Å²) in [7, 11) is 0. The van der Waals surface area contributed by atoms with Crippen molar-refractivity contribution in [2.24, 2.45) is 11.8 Å². The number of benzene rings is 1. The lowest BCUT2D eigenvalue weighted by atomic mass is 9.97. The number of alkyl carbamates (subject to hydrolysis) is 1. The molecule has 0 saturated carbocycles. The molecule has 1 aromatic rings. The van der Waals surface area contributed by atoms with E-state index in [1.807, 2.05) is 58.0 Å². The minimum absolute atomic E-state index is 0.0567. The van der Waals surface area contributed by atoms with Crippen LogP contribution < -0.4 is 16.0 Å². The van der Waals surface area contributed by atoms with Gasteiger partial charge >= 0.3 is 6.09 Å². The summed E-state index contributed by atoms with van der Waals surface area (Å²) in [6, 6.07) is 8.37. The molecule has 0 spiro atoms. The summed E-state index contributed by atoms with van der Waals surface area (Å²) in [5.74, 6) is -0.531. The van der Waals surface area contributed by atoms with Gasteiger partial charge in [-0.3, -0.25) is 9.59 Å². The number of aliphatic hydroxyl groups excluding tert-OH is 1. The first-order chi connectivity index (χ1) is 15.1. The van der Waals surface area contributed by atoms with E-state index < -0.39 is 29.7 Å². The zero-order valence-corrected chi connectivity index (χ0v) is 19.5. The van der Waals surface area contributed by atoms with Gasteiger partial charge in [0, 0.05) is 18.9 Å². The van der Waals surface area contributed by atoms with Crippen LogP contribution in [0.4, 0.5) is 4.79 Å². The number of nitrogens with one attached hydrogen (secondary N) is 3. The normalized spacial score (nSPS) is 18.1. The van der Waals surface area contributed by atoms with E-state index in [1.165, 1.54) is 0 Å². The molecule has 1 heterocycles. The molecule has 3 unspecified atom stereocenters. The highest BCUT2D eigenvalue weighted by Gasteiger charge is 2.31. The van der Waals surface area contributed by atoms with Crippen LogP contribution >= 0.6 is 0 Å². The third kappa shape index (κ3) is 8.49. The number of hydrogen-bond donors (Lipinski definition) is 4. The predicted molar refractivity (Wildman–Crippen MR) is 122 cm³/mol. The lowest BCUT2D eigenvalue weighted by molar-refractivity contribution is -0.126. The van der Waals surface area contributed by atoms with Gasteiger partial charge in [-0.2, -0.15) is 0 Å². The predicted octanol–water partition coefficient (Wildman–Crippen LogP) is 2.15. The van der Waals surface area contributed by atoms with Crippen LogP contribution in [-0.4, -0.2) is 53.9 Å². The number of hydrogen-bond acceptors (Lipinski definition) is 5. The van der Waals surface area contributed by atoms with Crippen LogP contribution in [0, 0.1) is 11.8 Å². The summed E-state index contributed by atoms with van der Waals surface area (Å²) >= 11 is 0. The summed E-state index contributed by atoms with van der Waals surface area (Å²) in [6.07, 6.45) is 1.33. The van der Waals surface area contributed by atoms with Gasteiger partial charge in [0.2, 0.25) is 11.8 Å². The van der Waals surface area contributed by atoms with E-state index in [4.69, 9.17) is 4.74 Å². The average molecular weight is 448 g/mol. The maximum Gasteiger partial charge on any atom is 0.408 e. The molecule has 0 bridgehead atoms. The standard InChI is InChI=1S/C24H37N3O5/c1-16(2)12-20(22(30)26-19(15-28)13-18-10-11-25-21(18)29)27-23(31)32-24(3,4)14-17-8-6-5-7-9-17/h5-9,16,18-20,28H,10-15H2,1-4H3,(H,25,29)(H,26,30)(H,27,31). The maximum atomic E-state index is 12.9. The van der Waals surface area contributed by atoms with Gasteiger partial charge < -0.3 is 25.8 Å². The van der Waals surface area contributed by atoms with Crippen molar-refractivity contribution in [1.29, 1.82) is 0 Å². The van der Waals surface area contributed by atoms with Crippen LogP contribution in [0.15, 0.2) is 30.3 Å². The average Bonchev–Trinajstić information content (AvgIpc) is 3.10. The topological polar surface area (TPSA) is 117 Å². The molecule has 1 aliphatic rings. The minimum Gasteiger partial charge on any atom is -0.443 e. The summed E-state index contributed by atoms with van der Waals surface area (Å²) < 4.78 is 5.62. The summed E-state index contributed by atoms with van der Waals surface area (Å²) in [4.78, 5) is 37.3. The fraction of sp³-hybridized carbons (Fsp3) is 0.625. The smallest absolute Gasteiger partial charge is 0.408 e. The largest absolute Gasteiger partial charge is 0.443 e. The monoisotopic (exact) mass is 447 g/mol. The number of ether oxygens (including phenoxy) is 1. The van der Waals surface area contributed by atoms with Gasteiger partial charge in [0.1, 0.15) is 11.6 Å². The zero-order chi connectivity index (χ0) is 23.7. The van der Waals surface area contributed by atoms with E-state index >= 15 is 0 Å². The molecular formula is C24H37N3O5. The second-order valence-electron chi connectivity index (χ2n) is 9.54. The fourth-order valence-corrected chi connectivity index (χ4v) is 3.94. The quantitative estimate of drug-likeness (QED) is 0.415. The van der Waals surface area contributed by atoms with E-state index in [-0.39, 0.29) is 24.3 Å². The highest BCUT2D eigenvalue weighted by Crippen LogP contribution is 2.18. The third-order valence-electron chi connectivity index (χ3n) is 5.46. The lowest BCUT2D eigenvalue weighted by Crippen LogP contribution is -2.52. The van der Waals surface area contributed by atoms with E-state index in [1.54, 1.807) is 0 Å². The molecule has 8 nitrogen and oxygen atoms in total. The first-order valence-corrected chi connectivity index (χ1v) is 11.3. The second-order valence-corrected chi connectivity index (χ2v) is 9.54. The Balaban J connectivity index is 1.95. The highest BCUT2D eigenvalue weighted by molar-refractivity contribution is 5.86. The number of aliphatic hydroxyl groups is 1. The van der Waals surface area contributed by atoms with E-state index in [9.17, 15) is 19.5 Å². The summed E-state index contributed by atoms with van der Waals surface area (Å²) in [6.45, 7) is 7.89. The van der Waals surface area contributed by atoms with E-state index in [0.29, 0.717) is 32.2 Å². The van der Waals surface area contributed by atoms with Crippen LogP contribution in [0.1, 0.15) is 52.5 Å². The van der Waals surface area contributed by atoms with Crippen molar-refractivity contribution in [3.8, 4) is 0 Å². The van der Waals surface area contributed by atoms with Crippen LogP contribution in [0.25, 0.3) is 0 Å². The molecule has 3 amide bonds. The Kier molecular flexibility index (Phi) is 9.50. The lowest BCUT2D eigenvalue weighted by Gasteiger charge is -2.28. The molecule has 0 aliphatic carbocycles. The van der Waals surface area contributed by atoms with Gasteiger partial charge in [-0.25, -0.2) is 4.79 Å². The van der Waals surface area contributed by atoms with Gasteiger partial charge in [-0.15, -0.1) is 0 Å². The number of amides is 3. The van der Waals surface area contributed by atoms with Gasteiger partial charge in [-0.1, -0.05) is 44.2 Å². The highest BCUT2D eigenvalue weighted by atomic mass is 16.6. The van der Waals surface area contributed by atoms with Gasteiger partial charge in [0.05, 0.1) is 12.6 Å². The van der Waals surface area contributed by atoms with Crippen molar-refractivity contribution in [3.63, 3.8) is 0 Å². The second kappa shape index (κ2) is 11.9. The zero-order valence-electron chi connectivity index (χ0n) is 19.5. The Morgan fingerprint density at radius 3 is 2.47 bits per heavy atom. The maximum absolute atomic E-state index is 12.9. The Bertz CT molecular complexity index is 766. The molecule has 0 aromatic heterocycles. The molecule has 4 N–H and O–H groups in total. The van der Waals surface area contributed by atoms with Crippen molar-refractivity contribution in [2.75, 3.05) is 13.2 Å². The molecule has 2 rings (SSSR count). The van der Waals surface area contributed by atoms with Crippen molar-refractivity contribution < 1.29 is 24.2 Å². The molecule has 0 radical (unpaired) electrons. The van der Waals surface area contributed by atoms with Crippen LogP contribution in [0.2, 0.25) is 0 Å². The van der Waals surface area contributed by atoms with E-state index in [0.717, 1.165) is 5.56 Å². The first-order valence-electron chi connectivity index (χ1n) is 11.3.